The zero-order valence-electron chi connectivity index (χ0n) is 16.2. The van der Waals surface area contributed by atoms with E-state index in [1.54, 1.807) is 36.4 Å². The first kappa shape index (κ1) is 21.2. The Balaban J connectivity index is 1.80. The van der Waals surface area contributed by atoms with Crippen molar-refractivity contribution in [2.45, 2.75) is 32.5 Å². The molecule has 2 N–H and O–H groups in total. The molecule has 0 aliphatic heterocycles. The van der Waals surface area contributed by atoms with Gasteiger partial charge in [0.2, 0.25) is 5.91 Å². The minimum atomic E-state index is -4.61. The summed E-state index contributed by atoms with van der Waals surface area (Å²) in [5.74, 6) is -0.0879. The molecule has 156 valence electrons. The summed E-state index contributed by atoms with van der Waals surface area (Å²) in [6.45, 7) is 2.14. The zero-order valence-corrected chi connectivity index (χ0v) is 16.2. The molecule has 3 aromatic rings. The summed E-state index contributed by atoms with van der Waals surface area (Å²) in [7, 11) is 0. The molecule has 3 rings (SSSR count). The molecule has 9 heteroatoms. The third kappa shape index (κ3) is 5.76. The van der Waals surface area contributed by atoms with Crippen LogP contribution in [0.4, 0.5) is 24.7 Å². The van der Waals surface area contributed by atoms with Crippen LogP contribution in [0.15, 0.2) is 54.9 Å². The van der Waals surface area contributed by atoms with Crippen molar-refractivity contribution in [3.63, 3.8) is 0 Å². The van der Waals surface area contributed by atoms with Gasteiger partial charge in [-0.3, -0.25) is 9.78 Å². The van der Waals surface area contributed by atoms with Crippen LogP contribution in [0, 0.1) is 0 Å². The average Bonchev–Trinajstić information content (AvgIpc) is 2.72. The van der Waals surface area contributed by atoms with Crippen molar-refractivity contribution >= 4 is 17.4 Å². The van der Waals surface area contributed by atoms with E-state index >= 15 is 0 Å². The van der Waals surface area contributed by atoms with E-state index in [-0.39, 0.29) is 24.1 Å². The molecule has 0 bridgehead atoms. The van der Waals surface area contributed by atoms with E-state index in [1.165, 1.54) is 12.4 Å². The minimum Gasteiger partial charge on any atom is -0.366 e. The molecule has 6 nitrogen and oxygen atoms in total. The Morgan fingerprint density at radius 1 is 1.07 bits per heavy atom. The summed E-state index contributed by atoms with van der Waals surface area (Å²) in [4.78, 5) is 23.5. The maximum Gasteiger partial charge on any atom is 0.433 e. The Labute approximate surface area is 171 Å². The molecule has 1 aromatic carbocycles. The first-order valence-corrected chi connectivity index (χ1v) is 9.34. The number of alkyl halides is 3. The first-order valence-electron chi connectivity index (χ1n) is 9.34. The SMILES string of the molecule is CCCC(=O)Nc1cccc(CNc2cc(C(F)(F)F)nc(-c3ccncc3)n2)c1. The standard InChI is InChI=1S/C21H20F3N5O/c1-2-4-19(30)27-16-6-3-5-14(11-16)13-26-18-12-17(21(22,23)24)28-20(29-18)15-7-9-25-10-8-15/h3,5-12H,2,4,13H2,1H3,(H,27,30)(H,26,28,29). The van der Waals surface area contributed by atoms with Crippen molar-refractivity contribution in [3.05, 3.63) is 66.1 Å². The van der Waals surface area contributed by atoms with Gasteiger partial charge in [0.25, 0.3) is 0 Å². The zero-order chi connectivity index (χ0) is 21.6. The van der Waals surface area contributed by atoms with Gasteiger partial charge in [0.05, 0.1) is 0 Å². The molecule has 0 spiro atoms. The molecule has 30 heavy (non-hydrogen) atoms. The van der Waals surface area contributed by atoms with Crippen molar-refractivity contribution in [1.29, 1.82) is 0 Å². The molecule has 2 heterocycles. The third-order valence-electron chi connectivity index (χ3n) is 4.12. The van der Waals surface area contributed by atoms with Crippen LogP contribution in [0.3, 0.4) is 0 Å². The summed E-state index contributed by atoms with van der Waals surface area (Å²) in [6, 6.07) is 11.0. The molecule has 0 atom stereocenters. The smallest absolute Gasteiger partial charge is 0.366 e. The number of amides is 1. The van der Waals surface area contributed by atoms with Crippen LogP contribution < -0.4 is 10.6 Å². The number of anilines is 2. The number of benzene rings is 1. The van der Waals surface area contributed by atoms with Gasteiger partial charge < -0.3 is 10.6 Å². The van der Waals surface area contributed by atoms with Gasteiger partial charge in [0, 0.05) is 42.7 Å². The number of halogens is 3. The van der Waals surface area contributed by atoms with E-state index in [0.717, 1.165) is 18.1 Å². The molecule has 0 radical (unpaired) electrons. The highest BCUT2D eigenvalue weighted by Gasteiger charge is 2.33. The summed E-state index contributed by atoms with van der Waals surface area (Å²) in [5, 5.41) is 5.70. The lowest BCUT2D eigenvalue weighted by Gasteiger charge is -2.12. The molecular formula is C21H20F3N5O. The number of carbonyl (C=O) groups excluding carboxylic acids is 1. The van der Waals surface area contributed by atoms with Crippen LogP contribution in [0.1, 0.15) is 31.0 Å². The summed E-state index contributed by atoms with van der Waals surface area (Å²) < 4.78 is 39.9. The van der Waals surface area contributed by atoms with Crippen molar-refractivity contribution in [1.82, 2.24) is 15.0 Å². The van der Waals surface area contributed by atoms with Gasteiger partial charge in [-0.05, 0) is 36.2 Å². The number of aromatic nitrogens is 3. The monoisotopic (exact) mass is 415 g/mol. The van der Waals surface area contributed by atoms with Crippen LogP contribution in [0.25, 0.3) is 11.4 Å². The largest absolute Gasteiger partial charge is 0.433 e. The Morgan fingerprint density at radius 2 is 1.83 bits per heavy atom. The third-order valence-corrected chi connectivity index (χ3v) is 4.12. The predicted molar refractivity (Wildman–Crippen MR) is 108 cm³/mol. The number of nitrogens with zero attached hydrogens (tertiary/aromatic N) is 3. The lowest BCUT2D eigenvalue weighted by molar-refractivity contribution is -0.141. The molecule has 2 aromatic heterocycles. The second-order valence-electron chi connectivity index (χ2n) is 6.55. The fraction of sp³-hybridized carbons (Fsp3) is 0.238. The highest BCUT2D eigenvalue weighted by molar-refractivity contribution is 5.90. The number of carbonyl (C=O) groups is 1. The molecule has 0 unspecified atom stereocenters. The van der Waals surface area contributed by atoms with Crippen molar-refractivity contribution < 1.29 is 18.0 Å². The number of hydrogen-bond acceptors (Lipinski definition) is 5. The second kappa shape index (κ2) is 9.34. The highest BCUT2D eigenvalue weighted by atomic mass is 19.4. The molecule has 0 saturated heterocycles. The Hall–Kier alpha value is -3.49. The van der Waals surface area contributed by atoms with E-state index in [0.29, 0.717) is 17.7 Å². The van der Waals surface area contributed by atoms with E-state index in [4.69, 9.17) is 0 Å². The molecule has 0 saturated carbocycles. The van der Waals surface area contributed by atoms with E-state index in [1.807, 2.05) is 6.92 Å². The molecular weight excluding hydrogens is 395 g/mol. The number of pyridine rings is 1. The van der Waals surface area contributed by atoms with E-state index in [9.17, 15) is 18.0 Å². The van der Waals surface area contributed by atoms with Crippen molar-refractivity contribution in [2.75, 3.05) is 10.6 Å². The average molecular weight is 415 g/mol. The van der Waals surface area contributed by atoms with Crippen LogP contribution in [-0.2, 0) is 17.5 Å². The number of hydrogen-bond donors (Lipinski definition) is 2. The summed E-state index contributed by atoms with van der Waals surface area (Å²) in [5.41, 5.74) is 0.804. The molecule has 1 amide bonds. The van der Waals surface area contributed by atoms with Gasteiger partial charge in [-0.25, -0.2) is 9.97 Å². The molecule has 0 fully saturated rings. The fourth-order valence-corrected chi connectivity index (χ4v) is 2.72. The van der Waals surface area contributed by atoms with Gasteiger partial charge >= 0.3 is 6.18 Å². The Bertz CT molecular complexity index is 1010. The van der Waals surface area contributed by atoms with E-state index < -0.39 is 11.9 Å². The molecule has 0 aliphatic rings. The van der Waals surface area contributed by atoms with E-state index in [2.05, 4.69) is 25.6 Å². The lowest BCUT2D eigenvalue weighted by Crippen LogP contribution is -2.12. The normalized spacial score (nSPS) is 11.2. The minimum absolute atomic E-state index is 0.0459. The summed E-state index contributed by atoms with van der Waals surface area (Å²) in [6.07, 6.45) is -0.525. The fourth-order valence-electron chi connectivity index (χ4n) is 2.72. The van der Waals surface area contributed by atoms with Gasteiger partial charge in [0.1, 0.15) is 5.82 Å². The van der Waals surface area contributed by atoms with Crippen LogP contribution in [-0.4, -0.2) is 20.9 Å². The van der Waals surface area contributed by atoms with Crippen LogP contribution in [0.2, 0.25) is 0 Å². The van der Waals surface area contributed by atoms with Gasteiger partial charge in [0.15, 0.2) is 11.5 Å². The van der Waals surface area contributed by atoms with Crippen molar-refractivity contribution in [2.24, 2.45) is 0 Å². The quantitative estimate of drug-likeness (QED) is 0.573. The Morgan fingerprint density at radius 3 is 2.53 bits per heavy atom. The number of nitrogens with one attached hydrogen (secondary N) is 2. The van der Waals surface area contributed by atoms with Crippen LogP contribution in [0.5, 0.6) is 0 Å². The van der Waals surface area contributed by atoms with Gasteiger partial charge in [-0.2, -0.15) is 13.2 Å². The molecule has 0 aliphatic carbocycles. The second-order valence-corrected chi connectivity index (χ2v) is 6.55. The van der Waals surface area contributed by atoms with Crippen LogP contribution >= 0.6 is 0 Å². The van der Waals surface area contributed by atoms with Gasteiger partial charge in [-0.1, -0.05) is 19.1 Å². The van der Waals surface area contributed by atoms with Crippen molar-refractivity contribution in [3.8, 4) is 11.4 Å². The maximum atomic E-state index is 13.3. The first-order chi connectivity index (χ1) is 14.3. The highest BCUT2D eigenvalue weighted by Crippen LogP contribution is 2.30. The summed E-state index contributed by atoms with van der Waals surface area (Å²) >= 11 is 0. The lowest BCUT2D eigenvalue weighted by atomic mass is 10.2. The van der Waals surface area contributed by atoms with Gasteiger partial charge in [-0.15, -0.1) is 0 Å². The Kier molecular flexibility index (Phi) is 6.61. The maximum absolute atomic E-state index is 13.3. The number of rotatable bonds is 7. The topological polar surface area (TPSA) is 79.8 Å². The predicted octanol–water partition coefficient (Wildman–Crippen LogP) is 4.91.